The minimum absolute atomic E-state index is 0.118. The van der Waals surface area contributed by atoms with Crippen molar-refractivity contribution in [3.63, 3.8) is 0 Å². The Morgan fingerprint density at radius 3 is 2.56 bits per heavy atom. The van der Waals surface area contributed by atoms with Gasteiger partial charge in [-0.3, -0.25) is 4.79 Å². The van der Waals surface area contributed by atoms with Crippen molar-refractivity contribution in [3.05, 3.63) is 65.7 Å². The minimum atomic E-state index is -1.01. The van der Waals surface area contributed by atoms with Gasteiger partial charge >= 0.3 is 0 Å². The quantitative estimate of drug-likeness (QED) is 0.896. The molecule has 0 bridgehead atoms. The number of fused-ring (bicyclic) bond motifs is 1. The Morgan fingerprint density at radius 2 is 1.85 bits per heavy atom. The van der Waals surface area contributed by atoms with E-state index in [0.717, 1.165) is 25.0 Å². The molecule has 1 saturated heterocycles. The number of hydrogen-bond donors (Lipinski definition) is 1. The van der Waals surface area contributed by atoms with Gasteiger partial charge in [0, 0.05) is 30.8 Å². The van der Waals surface area contributed by atoms with Gasteiger partial charge < -0.3 is 15.4 Å². The first kappa shape index (κ1) is 17.9. The van der Waals surface area contributed by atoms with Crippen molar-refractivity contribution in [2.45, 2.75) is 25.0 Å². The lowest BCUT2D eigenvalue weighted by Crippen LogP contribution is -2.38. The van der Waals surface area contributed by atoms with Crippen LogP contribution in [0, 0.1) is 23.5 Å². The zero-order chi connectivity index (χ0) is 19.0. The third-order valence-electron chi connectivity index (χ3n) is 5.70. The van der Waals surface area contributed by atoms with E-state index in [9.17, 15) is 13.6 Å². The Bertz CT molecular complexity index is 830. The molecular formula is C21H22F2N2O2. The topological polar surface area (TPSA) is 55.6 Å². The van der Waals surface area contributed by atoms with Crippen LogP contribution in [0.1, 0.15) is 24.5 Å². The third kappa shape index (κ3) is 3.54. The van der Waals surface area contributed by atoms with Crippen LogP contribution in [0.4, 0.5) is 8.78 Å². The largest absolute Gasteiger partial charge is 0.476 e. The fourth-order valence-electron chi connectivity index (χ4n) is 4.23. The molecule has 2 N–H and O–H groups in total. The lowest BCUT2D eigenvalue weighted by atomic mass is 9.98. The molecular weight excluding hydrogens is 350 g/mol. The first-order chi connectivity index (χ1) is 13.0. The van der Waals surface area contributed by atoms with Gasteiger partial charge in [0.15, 0.2) is 11.6 Å². The predicted molar refractivity (Wildman–Crippen MR) is 96.9 cm³/mol. The van der Waals surface area contributed by atoms with Gasteiger partial charge in [0.1, 0.15) is 5.75 Å². The van der Waals surface area contributed by atoms with Crippen molar-refractivity contribution < 1.29 is 18.3 Å². The second-order valence-corrected chi connectivity index (χ2v) is 7.39. The summed E-state index contributed by atoms with van der Waals surface area (Å²) >= 11 is 0. The molecule has 1 saturated carbocycles. The molecule has 2 aliphatic rings. The first-order valence-corrected chi connectivity index (χ1v) is 9.24. The van der Waals surface area contributed by atoms with Crippen molar-refractivity contribution in [2.24, 2.45) is 17.6 Å². The van der Waals surface area contributed by atoms with Crippen LogP contribution in [0.5, 0.6) is 5.75 Å². The number of amides is 1. The van der Waals surface area contributed by atoms with E-state index in [1.165, 1.54) is 6.07 Å². The number of likely N-dealkylation sites (tertiary alicyclic amines) is 1. The molecule has 4 unspecified atom stereocenters. The number of rotatable bonds is 4. The van der Waals surface area contributed by atoms with Crippen LogP contribution < -0.4 is 10.5 Å². The third-order valence-corrected chi connectivity index (χ3v) is 5.70. The molecule has 2 fully saturated rings. The predicted octanol–water partition coefficient (Wildman–Crippen LogP) is 3.28. The lowest BCUT2D eigenvalue weighted by molar-refractivity contribution is -0.138. The number of benzene rings is 2. The Hall–Kier alpha value is -2.47. The van der Waals surface area contributed by atoms with Crippen LogP contribution in [0.3, 0.4) is 0 Å². The second-order valence-electron chi connectivity index (χ2n) is 7.39. The van der Waals surface area contributed by atoms with E-state index in [2.05, 4.69) is 0 Å². The van der Waals surface area contributed by atoms with E-state index in [4.69, 9.17) is 10.5 Å². The molecule has 1 aliphatic heterocycles. The minimum Gasteiger partial charge on any atom is -0.476 e. The summed E-state index contributed by atoms with van der Waals surface area (Å²) in [5.41, 5.74) is 6.85. The maximum absolute atomic E-state index is 13.6. The van der Waals surface area contributed by atoms with Gasteiger partial charge in [-0.25, -0.2) is 8.78 Å². The summed E-state index contributed by atoms with van der Waals surface area (Å²) < 4.78 is 32.6. The Morgan fingerprint density at radius 1 is 1.07 bits per heavy atom. The van der Waals surface area contributed by atoms with E-state index in [-0.39, 0.29) is 17.7 Å². The zero-order valence-corrected chi connectivity index (χ0v) is 14.9. The van der Waals surface area contributed by atoms with Crippen molar-refractivity contribution in [1.29, 1.82) is 0 Å². The summed E-state index contributed by atoms with van der Waals surface area (Å²) in [5.74, 6) is -1.25. The van der Waals surface area contributed by atoms with E-state index in [1.54, 1.807) is 17.0 Å². The standard InChI is InChI=1S/C21H22F2N2O2/c22-17-8-7-15(10-18(17)23)27-20(13-4-2-1-3-5-13)21(26)25-11-14-6-9-19(24)16(14)12-25/h1-5,7-8,10,14,16,19-20H,6,9,11-12,24H2. The van der Waals surface area contributed by atoms with Crippen molar-refractivity contribution in [3.8, 4) is 5.75 Å². The number of nitrogens with two attached hydrogens (primary N) is 1. The van der Waals surface area contributed by atoms with Gasteiger partial charge in [-0.2, -0.15) is 0 Å². The first-order valence-electron chi connectivity index (χ1n) is 9.24. The smallest absolute Gasteiger partial charge is 0.268 e. The SMILES string of the molecule is NC1CCC2CN(C(=O)C(Oc3ccc(F)c(F)c3)c3ccccc3)CC12. The molecule has 4 rings (SSSR count). The number of hydrogen-bond acceptors (Lipinski definition) is 3. The van der Waals surface area contributed by atoms with E-state index >= 15 is 0 Å². The average molecular weight is 372 g/mol. The highest BCUT2D eigenvalue weighted by Crippen LogP contribution is 2.38. The molecule has 2 aromatic rings. The summed E-state index contributed by atoms with van der Waals surface area (Å²) in [7, 11) is 0. The monoisotopic (exact) mass is 372 g/mol. The highest BCUT2D eigenvalue weighted by molar-refractivity contribution is 5.83. The van der Waals surface area contributed by atoms with Crippen LogP contribution in [-0.2, 0) is 4.79 Å². The number of carbonyl (C=O) groups is 1. The summed E-state index contributed by atoms with van der Waals surface area (Å²) in [6.07, 6.45) is 1.13. The Balaban J connectivity index is 1.58. The molecule has 0 aromatic heterocycles. The molecule has 2 aromatic carbocycles. The summed E-state index contributed by atoms with van der Waals surface area (Å²) in [4.78, 5) is 15.0. The van der Waals surface area contributed by atoms with Crippen LogP contribution in [0.15, 0.2) is 48.5 Å². The number of halogens is 2. The molecule has 1 amide bonds. The fraction of sp³-hybridized carbons (Fsp3) is 0.381. The Kier molecular flexibility index (Phi) is 4.83. The normalized spacial score (nSPS) is 25.3. The molecule has 4 atom stereocenters. The van der Waals surface area contributed by atoms with Crippen molar-refractivity contribution in [1.82, 2.24) is 4.90 Å². The van der Waals surface area contributed by atoms with Gasteiger partial charge in [-0.1, -0.05) is 30.3 Å². The summed E-state index contributed by atoms with van der Waals surface area (Å²) in [6, 6.07) is 12.5. The highest BCUT2D eigenvalue weighted by Gasteiger charge is 2.44. The number of ether oxygens (including phenoxy) is 1. The maximum atomic E-state index is 13.6. The molecule has 4 nitrogen and oxygen atoms in total. The van der Waals surface area contributed by atoms with E-state index in [1.807, 2.05) is 18.2 Å². The van der Waals surface area contributed by atoms with Gasteiger partial charge in [0.2, 0.25) is 6.10 Å². The fourth-order valence-corrected chi connectivity index (χ4v) is 4.23. The van der Waals surface area contributed by atoms with Crippen LogP contribution in [-0.4, -0.2) is 29.9 Å². The molecule has 27 heavy (non-hydrogen) atoms. The van der Waals surface area contributed by atoms with Gasteiger partial charge in [0.05, 0.1) is 0 Å². The zero-order valence-electron chi connectivity index (χ0n) is 14.9. The van der Waals surface area contributed by atoms with Gasteiger partial charge in [-0.05, 0) is 36.8 Å². The average Bonchev–Trinajstić information content (AvgIpc) is 3.25. The van der Waals surface area contributed by atoms with Crippen LogP contribution in [0.25, 0.3) is 0 Å². The molecule has 0 spiro atoms. The molecule has 1 heterocycles. The maximum Gasteiger partial charge on any atom is 0.268 e. The molecule has 1 aliphatic carbocycles. The van der Waals surface area contributed by atoms with E-state index in [0.29, 0.717) is 30.5 Å². The molecule has 6 heteroatoms. The van der Waals surface area contributed by atoms with Crippen LogP contribution >= 0.6 is 0 Å². The molecule has 142 valence electrons. The summed E-state index contributed by atoms with van der Waals surface area (Å²) in [5, 5.41) is 0. The Labute approximate surface area is 156 Å². The molecule has 0 radical (unpaired) electrons. The van der Waals surface area contributed by atoms with Gasteiger partial charge in [-0.15, -0.1) is 0 Å². The van der Waals surface area contributed by atoms with Gasteiger partial charge in [0.25, 0.3) is 5.91 Å². The van der Waals surface area contributed by atoms with E-state index < -0.39 is 17.7 Å². The highest BCUT2D eigenvalue weighted by atomic mass is 19.2. The summed E-state index contributed by atoms with van der Waals surface area (Å²) in [6.45, 7) is 1.29. The number of nitrogens with zero attached hydrogens (tertiary/aromatic N) is 1. The number of carbonyl (C=O) groups excluding carboxylic acids is 1. The van der Waals surface area contributed by atoms with Crippen molar-refractivity contribution in [2.75, 3.05) is 13.1 Å². The lowest BCUT2D eigenvalue weighted by Gasteiger charge is -2.25. The van der Waals surface area contributed by atoms with Crippen molar-refractivity contribution >= 4 is 5.91 Å². The second kappa shape index (κ2) is 7.27. The van der Waals surface area contributed by atoms with Crippen LogP contribution in [0.2, 0.25) is 0 Å².